The molecule has 1 heterocycles. The van der Waals surface area contributed by atoms with E-state index in [0.29, 0.717) is 18.8 Å². The molecule has 0 aliphatic heterocycles. The third-order valence-electron chi connectivity index (χ3n) is 2.48. The normalized spacial score (nSPS) is 10.2. The van der Waals surface area contributed by atoms with Crippen LogP contribution in [0.15, 0.2) is 18.3 Å². The maximum atomic E-state index is 10.5. The van der Waals surface area contributed by atoms with Crippen LogP contribution in [0.4, 0.5) is 0 Å². The van der Waals surface area contributed by atoms with Gasteiger partial charge < -0.3 is 5.11 Å². The Hall–Kier alpha value is -1.93. The third kappa shape index (κ3) is 4.21. The largest absolute Gasteiger partial charge is 0.481 e. The molecule has 0 bridgehead atoms. The maximum absolute atomic E-state index is 10.5. The van der Waals surface area contributed by atoms with Gasteiger partial charge in [-0.3, -0.25) is 9.69 Å². The molecule has 0 fully saturated rings. The van der Waals surface area contributed by atoms with Crippen LogP contribution >= 0.6 is 0 Å². The van der Waals surface area contributed by atoms with Crippen molar-refractivity contribution in [3.05, 3.63) is 29.6 Å². The van der Waals surface area contributed by atoms with E-state index in [1.165, 1.54) is 0 Å². The molecule has 5 heteroatoms. The number of carboxylic acids is 1. The van der Waals surface area contributed by atoms with Crippen molar-refractivity contribution in [2.45, 2.75) is 19.9 Å². The Morgan fingerprint density at radius 3 is 3.00 bits per heavy atom. The molecule has 0 amide bonds. The first kappa shape index (κ1) is 13.1. The van der Waals surface area contributed by atoms with E-state index >= 15 is 0 Å². The molecule has 1 N–H and O–H groups in total. The van der Waals surface area contributed by atoms with Crippen LogP contribution in [0, 0.1) is 11.3 Å². The Morgan fingerprint density at radius 1 is 1.65 bits per heavy atom. The van der Waals surface area contributed by atoms with Crippen molar-refractivity contribution >= 4 is 5.97 Å². The van der Waals surface area contributed by atoms with Crippen LogP contribution < -0.4 is 0 Å². The minimum Gasteiger partial charge on any atom is -0.481 e. The predicted octanol–water partition coefficient (Wildman–Crippen LogP) is 1.25. The second-order valence-corrected chi connectivity index (χ2v) is 3.64. The summed E-state index contributed by atoms with van der Waals surface area (Å²) in [7, 11) is 0. The van der Waals surface area contributed by atoms with Gasteiger partial charge in [0, 0.05) is 24.8 Å². The highest BCUT2D eigenvalue weighted by molar-refractivity contribution is 5.66. The minimum atomic E-state index is -0.810. The third-order valence-corrected chi connectivity index (χ3v) is 2.48. The molecular formula is C12H15N3O2. The van der Waals surface area contributed by atoms with E-state index < -0.39 is 5.97 Å². The molecule has 5 nitrogen and oxygen atoms in total. The Balaban J connectivity index is 2.67. The lowest BCUT2D eigenvalue weighted by Crippen LogP contribution is -2.26. The molecule has 90 valence electrons. The molecule has 1 aromatic rings. The van der Waals surface area contributed by atoms with E-state index in [1.807, 2.05) is 24.0 Å². The lowest BCUT2D eigenvalue weighted by atomic mass is 10.2. The fraction of sp³-hybridized carbons (Fsp3) is 0.417. The minimum absolute atomic E-state index is 0.107. The molecule has 0 unspecified atom stereocenters. The number of nitriles is 1. The maximum Gasteiger partial charge on any atom is 0.304 e. The van der Waals surface area contributed by atoms with Gasteiger partial charge in [-0.2, -0.15) is 5.26 Å². The summed E-state index contributed by atoms with van der Waals surface area (Å²) in [6.07, 6.45) is 1.69. The van der Waals surface area contributed by atoms with Gasteiger partial charge in [0.15, 0.2) is 0 Å². The average molecular weight is 233 g/mol. The zero-order valence-corrected chi connectivity index (χ0v) is 9.76. The van der Waals surface area contributed by atoms with E-state index in [1.54, 1.807) is 12.3 Å². The van der Waals surface area contributed by atoms with Crippen LogP contribution in [0.25, 0.3) is 0 Å². The summed E-state index contributed by atoms with van der Waals surface area (Å²) < 4.78 is 0. The predicted molar refractivity (Wildman–Crippen MR) is 62.2 cm³/mol. The quantitative estimate of drug-likeness (QED) is 0.800. The molecule has 0 aliphatic rings. The van der Waals surface area contributed by atoms with Crippen LogP contribution in [0.1, 0.15) is 24.6 Å². The topological polar surface area (TPSA) is 77.2 Å². The first-order valence-electron chi connectivity index (χ1n) is 5.45. The Kier molecular flexibility index (Phi) is 5.11. The smallest absolute Gasteiger partial charge is 0.304 e. The molecule has 0 aromatic carbocycles. The first-order valence-corrected chi connectivity index (χ1v) is 5.45. The zero-order chi connectivity index (χ0) is 12.7. The van der Waals surface area contributed by atoms with Gasteiger partial charge in [-0.25, -0.2) is 4.98 Å². The van der Waals surface area contributed by atoms with Crippen molar-refractivity contribution in [2.24, 2.45) is 0 Å². The molecule has 0 saturated carbocycles. The Morgan fingerprint density at radius 2 is 2.41 bits per heavy atom. The van der Waals surface area contributed by atoms with Crippen LogP contribution in [0.2, 0.25) is 0 Å². The standard InChI is InChI=1S/C12H15N3O2/c1-2-15(7-5-12(16)17)9-10-4-3-6-14-11(10)8-13/h3-4,6H,2,5,7,9H2,1H3,(H,16,17). The molecule has 0 spiro atoms. The second kappa shape index (κ2) is 6.61. The molecule has 0 aliphatic carbocycles. The van der Waals surface area contributed by atoms with Gasteiger partial charge in [-0.05, 0) is 12.6 Å². The lowest BCUT2D eigenvalue weighted by molar-refractivity contribution is -0.137. The zero-order valence-electron chi connectivity index (χ0n) is 9.76. The van der Waals surface area contributed by atoms with E-state index in [-0.39, 0.29) is 6.42 Å². The number of aromatic nitrogens is 1. The number of carboxylic acid groups (broad SMARTS) is 1. The molecular weight excluding hydrogens is 218 g/mol. The van der Waals surface area contributed by atoms with Crippen molar-refractivity contribution in [3.63, 3.8) is 0 Å². The summed E-state index contributed by atoms with van der Waals surface area (Å²) in [6, 6.07) is 5.66. The molecule has 0 atom stereocenters. The average Bonchev–Trinajstić information content (AvgIpc) is 2.34. The van der Waals surface area contributed by atoms with Gasteiger partial charge in [0.25, 0.3) is 0 Å². The summed E-state index contributed by atoms with van der Waals surface area (Å²) in [4.78, 5) is 16.5. The number of pyridine rings is 1. The molecule has 17 heavy (non-hydrogen) atoms. The van der Waals surface area contributed by atoms with Crippen LogP contribution in [0.5, 0.6) is 0 Å². The van der Waals surface area contributed by atoms with Gasteiger partial charge >= 0.3 is 5.97 Å². The van der Waals surface area contributed by atoms with Crippen molar-refractivity contribution < 1.29 is 9.90 Å². The van der Waals surface area contributed by atoms with Gasteiger partial charge in [0.2, 0.25) is 0 Å². The number of nitrogens with zero attached hydrogens (tertiary/aromatic N) is 3. The number of hydrogen-bond acceptors (Lipinski definition) is 4. The van der Waals surface area contributed by atoms with Gasteiger partial charge in [0.05, 0.1) is 6.42 Å². The SMILES string of the molecule is CCN(CCC(=O)O)Cc1cccnc1C#N. The number of rotatable bonds is 6. The van der Waals surface area contributed by atoms with Crippen molar-refractivity contribution in [1.29, 1.82) is 5.26 Å². The van der Waals surface area contributed by atoms with Crippen LogP contribution in [0.3, 0.4) is 0 Å². The number of carbonyl (C=O) groups is 1. The van der Waals surface area contributed by atoms with E-state index in [0.717, 1.165) is 12.1 Å². The van der Waals surface area contributed by atoms with Gasteiger partial charge in [-0.15, -0.1) is 0 Å². The molecule has 0 radical (unpaired) electrons. The first-order chi connectivity index (χ1) is 8.17. The van der Waals surface area contributed by atoms with Crippen molar-refractivity contribution in [2.75, 3.05) is 13.1 Å². The fourth-order valence-corrected chi connectivity index (χ4v) is 1.51. The summed E-state index contributed by atoms with van der Waals surface area (Å²) in [5, 5.41) is 17.5. The summed E-state index contributed by atoms with van der Waals surface area (Å²) >= 11 is 0. The number of aliphatic carboxylic acids is 1. The van der Waals surface area contributed by atoms with E-state index in [9.17, 15) is 4.79 Å². The summed E-state index contributed by atoms with van der Waals surface area (Å²) in [5.41, 5.74) is 1.24. The van der Waals surface area contributed by atoms with E-state index in [4.69, 9.17) is 10.4 Å². The Labute approximate surface area is 100 Å². The van der Waals surface area contributed by atoms with Crippen LogP contribution in [-0.2, 0) is 11.3 Å². The molecule has 0 saturated heterocycles. The Bertz CT molecular complexity index is 426. The fourth-order valence-electron chi connectivity index (χ4n) is 1.51. The lowest BCUT2D eigenvalue weighted by Gasteiger charge is -2.19. The van der Waals surface area contributed by atoms with Crippen LogP contribution in [-0.4, -0.2) is 34.0 Å². The molecule has 1 aromatic heterocycles. The van der Waals surface area contributed by atoms with Crippen molar-refractivity contribution in [1.82, 2.24) is 9.88 Å². The summed E-state index contributed by atoms with van der Waals surface area (Å²) in [6.45, 7) is 3.74. The highest BCUT2D eigenvalue weighted by Crippen LogP contribution is 2.08. The van der Waals surface area contributed by atoms with Gasteiger partial charge in [-0.1, -0.05) is 13.0 Å². The van der Waals surface area contributed by atoms with Crippen molar-refractivity contribution in [3.8, 4) is 6.07 Å². The highest BCUT2D eigenvalue weighted by atomic mass is 16.4. The van der Waals surface area contributed by atoms with Gasteiger partial charge in [0.1, 0.15) is 11.8 Å². The summed E-state index contributed by atoms with van der Waals surface area (Å²) in [5.74, 6) is -0.810. The molecule has 1 rings (SSSR count). The monoisotopic (exact) mass is 233 g/mol. The number of hydrogen-bond donors (Lipinski definition) is 1. The highest BCUT2D eigenvalue weighted by Gasteiger charge is 2.09. The second-order valence-electron chi connectivity index (χ2n) is 3.64. The van der Waals surface area contributed by atoms with E-state index in [2.05, 4.69) is 4.98 Å².